The van der Waals surface area contributed by atoms with E-state index in [0.29, 0.717) is 6.42 Å². The van der Waals surface area contributed by atoms with Gasteiger partial charge in [-0.3, -0.25) is 4.55 Å². The average molecular weight is 330 g/mol. The second kappa shape index (κ2) is 14.0. The molecule has 0 radical (unpaired) electrons. The van der Waals surface area contributed by atoms with Gasteiger partial charge in [-0.15, -0.1) is 0 Å². The van der Waals surface area contributed by atoms with E-state index >= 15 is 0 Å². The fourth-order valence-electron chi connectivity index (χ4n) is 2.24. The Morgan fingerprint density at radius 3 is 1.95 bits per heavy atom. The zero-order chi connectivity index (χ0) is 15.4. The Morgan fingerprint density at radius 2 is 1.48 bits per heavy atom. The van der Waals surface area contributed by atoms with Crippen molar-refractivity contribution in [1.29, 1.82) is 0 Å². The predicted octanol–water partition coefficient (Wildman–Crippen LogP) is -0.835. The number of unbranched alkanes of at least 4 members (excludes halogenated alkanes) is 6. The van der Waals surface area contributed by atoms with Crippen LogP contribution in [0.3, 0.4) is 0 Å². The molecule has 0 heterocycles. The van der Waals surface area contributed by atoms with Crippen LogP contribution in [0.1, 0.15) is 71.1 Å². The molecule has 1 N–H and O–H groups in total. The molecule has 5 nitrogen and oxygen atoms in total. The molecule has 0 fully saturated rings. The minimum Gasteiger partial charge on any atom is -0.550 e. The topological polar surface area (TPSA) is 94.5 Å². The van der Waals surface area contributed by atoms with Crippen molar-refractivity contribution in [2.24, 2.45) is 5.92 Å². The summed E-state index contributed by atoms with van der Waals surface area (Å²) in [6, 6.07) is 0. The van der Waals surface area contributed by atoms with Crippen LogP contribution in [0.15, 0.2) is 0 Å². The van der Waals surface area contributed by atoms with Crippen LogP contribution < -0.4 is 34.7 Å². The van der Waals surface area contributed by atoms with Gasteiger partial charge < -0.3 is 9.90 Å². The van der Waals surface area contributed by atoms with E-state index in [9.17, 15) is 18.3 Å². The summed E-state index contributed by atoms with van der Waals surface area (Å²) >= 11 is 0. The van der Waals surface area contributed by atoms with Crippen molar-refractivity contribution in [3.8, 4) is 0 Å². The molecule has 0 saturated heterocycles. The normalized spacial score (nSPS) is 12.7. The van der Waals surface area contributed by atoms with Gasteiger partial charge in [0.05, 0.1) is 5.75 Å². The zero-order valence-corrected chi connectivity index (χ0v) is 16.2. The van der Waals surface area contributed by atoms with E-state index in [1.807, 2.05) is 0 Å². The van der Waals surface area contributed by atoms with Crippen molar-refractivity contribution < 1.29 is 52.4 Å². The first kappa shape index (κ1) is 23.6. The molecule has 1 unspecified atom stereocenters. The summed E-state index contributed by atoms with van der Waals surface area (Å²) in [6.45, 7) is 2.16. The van der Waals surface area contributed by atoms with Gasteiger partial charge in [-0.25, -0.2) is 0 Å². The smallest absolute Gasteiger partial charge is 0.550 e. The van der Waals surface area contributed by atoms with Crippen molar-refractivity contribution in [1.82, 2.24) is 0 Å². The Labute approximate surface area is 150 Å². The van der Waals surface area contributed by atoms with Crippen molar-refractivity contribution in [2.75, 3.05) is 5.75 Å². The number of carboxylic acid groups (broad SMARTS) is 1. The van der Waals surface area contributed by atoms with Crippen molar-refractivity contribution in [2.45, 2.75) is 71.1 Å². The third-order valence-electron chi connectivity index (χ3n) is 3.44. The Hall–Kier alpha value is 0.380. The quantitative estimate of drug-likeness (QED) is 0.270. The van der Waals surface area contributed by atoms with E-state index in [4.69, 9.17) is 4.55 Å². The van der Waals surface area contributed by atoms with Gasteiger partial charge in [-0.2, -0.15) is 8.42 Å². The van der Waals surface area contributed by atoms with Gasteiger partial charge >= 0.3 is 29.6 Å². The summed E-state index contributed by atoms with van der Waals surface area (Å²) in [5, 5.41) is 10.9. The molecule has 21 heavy (non-hydrogen) atoms. The van der Waals surface area contributed by atoms with Gasteiger partial charge in [-0.05, 0) is 25.2 Å². The molecule has 0 aliphatic heterocycles. The Kier molecular flexibility index (Phi) is 15.8. The van der Waals surface area contributed by atoms with Crippen LogP contribution in [0.5, 0.6) is 0 Å². The molecular formula is C14H27NaO5S. The predicted molar refractivity (Wildman–Crippen MR) is 76.8 cm³/mol. The summed E-state index contributed by atoms with van der Waals surface area (Å²) in [6.07, 6.45) is 8.76. The molecule has 0 aromatic carbocycles. The maximum absolute atomic E-state index is 10.9. The number of hydrogen-bond acceptors (Lipinski definition) is 4. The first-order chi connectivity index (χ1) is 9.37. The van der Waals surface area contributed by atoms with E-state index in [1.165, 1.54) is 25.7 Å². The molecule has 0 amide bonds. The van der Waals surface area contributed by atoms with Crippen LogP contribution in [0.4, 0.5) is 0 Å². The summed E-state index contributed by atoms with van der Waals surface area (Å²) in [5.74, 6) is -2.10. The van der Waals surface area contributed by atoms with E-state index in [2.05, 4.69) is 6.92 Å². The maximum Gasteiger partial charge on any atom is 1.00 e. The molecule has 0 bridgehead atoms. The molecule has 120 valence electrons. The van der Waals surface area contributed by atoms with Crippen LogP contribution in [0, 0.1) is 5.92 Å². The molecule has 0 aliphatic carbocycles. The number of rotatable bonds is 13. The third-order valence-corrected chi connectivity index (χ3v) is 4.25. The van der Waals surface area contributed by atoms with Crippen LogP contribution in [0.2, 0.25) is 0 Å². The molecule has 1 atom stereocenters. The average Bonchev–Trinajstić information content (AvgIpc) is 2.33. The van der Waals surface area contributed by atoms with Gasteiger partial charge in [0.15, 0.2) is 0 Å². The summed E-state index contributed by atoms with van der Waals surface area (Å²) < 4.78 is 29.7. The summed E-state index contributed by atoms with van der Waals surface area (Å²) in [4.78, 5) is 10.9. The number of hydrogen-bond donors (Lipinski definition) is 1. The SMILES string of the molecule is CCCCCCCCCC(CCCS(=O)(=O)O)C(=O)[O-].[Na+]. The molecule has 0 spiro atoms. The van der Waals surface area contributed by atoms with Crippen molar-refractivity contribution >= 4 is 16.1 Å². The van der Waals surface area contributed by atoms with Gasteiger partial charge in [0, 0.05) is 5.97 Å². The first-order valence-corrected chi connectivity index (χ1v) is 9.13. The van der Waals surface area contributed by atoms with Gasteiger partial charge in [0.25, 0.3) is 10.1 Å². The molecule has 0 rings (SSSR count). The third kappa shape index (κ3) is 16.6. The summed E-state index contributed by atoms with van der Waals surface area (Å²) in [7, 11) is -4.00. The van der Waals surface area contributed by atoms with Gasteiger partial charge in [0.2, 0.25) is 0 Å². The van der Waals surface area contributed by atoms with Crippen molar-refractivity contribution in [3.05, 3.63) is 0 Å². The standard InChI is InChI=1S/C14H28O5S.Na/c1-2-3-4-5-6-7-8-10-13(14(15)16)11-9-12-20(17,18)19;/h13H,2-12H2,1H3,(H,15,16)(H,17,18,19);/q;+1/p-1. The fraction of sp³-hybridized carbons (Fsp3) is 0.929. The minimum absolute atomic E-state index is 0. The van der Waals surface area contributed by atoms with E-state index in [-0.39, 0.29) is 48.2 Å². The largest absolute Gasteiger partial charge is 1.00 e. The molecule has 7 heteroatoms. The van der Waals surface area contributed by atoms with E-state index in [0.717, 1.165) is 19.3 Å². The number of aliphatic carboxylic acids is 1. The molecular weight excluding hydrogens is 303 g/mol. The fourth-order valence-corrected chi connectivity index (χ4v) is 2.77. The molecule has 0 aliphatic rings. The molecule has 0 aromatic heterocycles. The van der Waals surface area contributed by atoms with Gasteiger partial charge in [-0.1, -0.05) is 51.9 Å². The first-order valence-electron chi connectivity index (χ1n) is 7.53. The van der Waals surface area contributed by atoms with Crippen molar-refractivity contribution in [3.63, 3.8) is 0 Å². The van der Waals surface area contributed by atoms with Gasteiger partial charge in [0.1, 0.15) is 0 Å². The second-order valence-electron chi connectivity index (χ2n) is 5.35. The number of carbonyl (C=O) groups excluding carboxylic acids is 1. The second-order valence-corrected chi connectivity index (χ2v) is 6.93. The Balaban J connectivity index is 0. The Bertz CT molecular complexity index is 356. The van der Waals surface area contributed by atoms with Crippen LogP contribution in [-0.4, -0.2) is 24.7 Å². The zero-order valence-electron chi connectivity index (χ0n) is 13.3. The van der Waals surface area contributed by atoms with Crippen LogP contribution in [-0.2, 0) is 14.9 Å². The van der Waals surface area contributed by atoms with E-state index in [1.54, 1.807) is 0 Å². The number of carbonyl (C=O) groups is 1. The minimum atomic E-state index is -4.00. The molecule has 0 saturated carbocycles. The maximum atomic E-state index is 10.9. The van der Waals surface area contributed by atoms with Crippen LogP contribution >= 0.6 is 0 Å². The summed E-state index contributed by atoms with van der Waals surface area (Å²) in [5.41, 5.74) is 0. The van der Waals surface area contributed by atoms with Crippen LogP contribution in [0.25, 0.3) is 0 Å². The van der Waals surface area contributed by atoms with E-state index < -0.39 is 22.0 Å². The molecule has 0 aromatic rings. The number of carboxylic acids is 1. The monoisotopic (exact) mass is 330 g/mol. The Morgan fingerprint density at radius 1 is 1.00 bits per heavy atom.